The minimum atomic E-state index is -1.56. The molecule has 2 fully saturated rings. The van der Waals surface area contributed by atoms with Crippen LogP contribution >= 0.6 is 0 Å². The molecule has 2 saturated heterocycles. The fourth-order valence-electron chi connectivity index (χ4n) is 3.65. The summed E-state index contributed by atoms with van der Waals surface area (Å²) in [6, 6.07) is 18.6. The fraction of sp³-hybridized carbons (Fsp3) is 0.350. The van der Waals surface area contributed by atoms with Crippen LogP contribution in [0.3, 0.4) is 0 Å². The van der Waals surface area contributed by atoms with Gasteiger partial charge in [0.1, 0.15) is 0 Å². The van der Waals surface area contributed by atoms with Gasteiger partial charge in [0.2, 0.25) is 5.72 Å². The molecule has 0 unspecified atom stereocenters. The van der Waals surface area contributed by atoms with E-state index in [4.69, 9.17) is 9.47 Å². The number of benzene rings is 2. The average Bonchev–Trinajstić information content (AvgIpc) is 3.26. The van der Waals surface area contributed by atoms with Gasteiger partial charge in [-0.1, -0.05) is 60.7 Å². The molecule has 130 valence electrons. The molecule has 2 aliphatic rings. The highest BCUT2D eigenvalue weighted by molar-refractivity contribution is 5.72. The van der Waals surface area contributed by atoms with Crippen molar-refractivity contribution in [3.8, 4) is 0 Å². The Balaban J connectivity index is 1.76. The van der Waals surface area contributed by atoms with E-state index in [1.54, 1.807) is 0 Å². The fourth-order valence-corrected chi connectivity index (χ4v) is 3.65. The van der Waals surface area contributed by atoms with Crippen molar-refractivity contribution in [2.75, 3.05) is 13.2 Å². The van der Waals surface area contributed by atoms with Crippen LogP contribution in [0.15, 0.2) is 60.7 Å². The van der Waals surface area contributed by atoms with Crippen molar-refractivity contribution in [2.24, 2.45) is 0 Å². The van der Waals surface area contributed by atoms with Crippen molar-refractivity contribution in [1.29, 1.82) is 0 Å². The predicted molar refractivity (Wildman–Crippen MR) is 91.7 cm³/mol. The lowest BCUT2D eigenvalue weighted by Gasteiger charge is -2.35. The summed E-state index contributed by atoms with van der Waals surface area (Å²) in [5, 5.41) is 11.7. The number of ether oxygens (including phenoxy) is 2. The van der Waals surface area contributed by atoms with Crippen LogP contribution in [0.25, 0.3) is 0 Å². The second-order valence-corrected chi connectivity index (χ2v) is 6.51. The van der Waals surface area contributed by atoms with Crippen molar-refractivity contribution in [3.63, 3.8) is 0 Å². The minimum absolute atomic E-state index is 0.0719. The summed E-state index contributed by atoms with van der Waals surface area (Å²) < 4.78 is 11.3. The maximum Gasteiger partial charge on any atom is 0.413 e. The number of rotatable bonds is 4. The van der Waals surface area contributed by atoms with E-state index in [0.717, 1.165) is 18.4 Å². The van der Waals surface area contributed by atoms with Crippen LogP contribution in [0.4, 0.5) is 4.79 Å². The van der Waals surface area contributed by atoms with Gasteiger partial charge in [-0.15, -0.1) is 0 Å². The van der Waals surface area contributed by atoms with E-state index in [9.17, 15) is 9.90 Å². The van der Waals surface area contributed by atoms with Gasteiger partial charge in [0.15, 0.2) is 6.10 Å². The Morgan fingerprint density at radius 2 is 1.76 bits per heavy atom. The lowest BCUT2D eigenvalue weighted by molar-refractivity contribution is -0.118. The first-order valence-electron chi connectivity index (χ1n) is 8.62. The third-order valence-electron chi connectivity index (χ3n) is 4.93. The summed E-state index contributed by atoms with van der Waals surface area (Å²) in [5.41, 5.74) is -0.171. The van der Waals surface area contributed by atoms with E-state index in [0.29, 0.717) is 18.7 Å². The standard InChI is InChI=1S/C20H21NO4/c22-19-21(14-17-12-7-13-24-17)20(23,16-10-5-2-6-11-16)18(25-19)15-8-3-1-4-9-15/h1-6,8-11,17-18,23H,7,12-14H2/t17-,18-,20-/m1/s1. The maximum absolute atomic E-state index is 12.6. The van der Waals surface area contributed by atoms with E-state index < -0.39 is 17.9 Å². The van der Waals surface area contributed by atoms with Gasteiger partial charge in [-0.05, 0) is 18.4 Å². The molecule has 5 nitrogen and oxygen atoms in total. The molecule has 2 heterocycles. The van der Waals surface area contributed by atoms with E-state index in [-0.39, 0.29) is 6.10 Å². The smallest absolute Gasteiger partial charge is 0.413 e. The lowest BCUT2D eigenvalue weighted by atomic mass is 9.91. The van der Waals surface area contributed by atoms with Crippen molar-refractivity contribution >= 4 is 6.09 Å². The van der Waals surface area contributed by atoms with E-state index >= 15 is 0 Å². The minimum Gasteiger partial charge on any atom is -0.436 e. The molecule has 0 spiro atoms. The molecule has 0 aliphatic carbocycles. The Labute approximate surface area is 146 Å². The van der Waals surface area contributed by atoms with E-state index in [1.165, 1.54) is 4.90 Å². The van der Waals surface area contributed by atoms with Crippen molar-refractivity contribution in [1.82, 2.24) is 4.90 Å². The molecule has 1 N–H and O–H groups in total. The quantitative estimate of drug-likeness (QED) is 0.929. The SMILES string of the molecule is O=C1O[C@H](c2ccccc2)[C@](O)(c2ccccc2)N1C[C@H]1CCCO1. The van der Waals surface area contributed by atoms with Crippen LogP contribution in [-0.4, -0.2) is 35.4 Å². The van der Waals surface area contributed by atoms with Crippen LogP contribution in [0, 0.1) is 0 Å². The highest BCUT2D eigenvalue weighted by atomic mass is 16.6. The Bertz CT molecular complexity index is 730. The Morgan fingerprint density at radius 1 is 1.08 bits per heavy atom. The molecule has 2 aromatic rings. The van der Waals surface area contributed by atoms with Crippen LogP contribution in [-0.2, 0) is 15.2 Å². The van der Waals surface area contributed by atoms with Crippen LogP contribution in [0.2, 0.25) is 0 Å². The summed E-state index contributed by atoms with van der Waals surface area (Å²) >= 11 is 0. The molecule has 2 aliphatic heterocycles. The number of cyclic esters (lactones) is 1. The molecule has 25 heavy (non-hydrogen) atoms. The molecular weight excluding hydrogens is 318 g/mol. The van der Waals surface area contributed by atoms with Gasteiger partial charge < -0.3 is 14.6 Å². The number of nitrogens with zero attached hydrogens (tertiary/aromatic N) is 1. The van der Waals surface area contributed by atoms with Crippen LogP contribution in [0.5, 0.6) is 0 Å². The van der Waals surface area contributed by atoms with E-state index in [1.807, 2.05) is 60.7 Å². The van der Waals surface area contributed by atoms with Gasteiger partial charge in [0.25, 0.3) is 0 Å². The van der Waals surface area contributed by atoms with Crippen LogP contribution < -0.4 is 0 Å². The lowest BCUT2D eigenvalue weighted by Crippen LogP contribution is -2.48. The number of carbonyl (C=O) groups excluding carboxylic acids is 1. The third-order valence-corrected chi connectivity index (χ3v) is 4.93. The molecule has 2 aromatic carbocycles. The highest BCUT2D eigenvalue weighted by Crippen LogP contribution is 2.46. The predicted octanol–water partition coefficient (Wildman–Crippen LogP) is 3.20. The van der Waals surface area contributed by atoms with Crippen molar-refractivity contribution in [2.45, 2.75) is 30.8 Å². The van der Waals surface area contributed by atoms with Crippen molar-refractivity contribution < 1.29 is 19.4 Å². The summed E-state index contributed by atoms with van der Waals surface area (Å²) in [4.78, 5) is 14.0. The number of carbonyl (C=O) groups is 1. The van der Waals surface area contributed by atoms with E-state index in [2.05, 4.69) is 0 Å². The van der Waals surface area contributed by atoms with Gasteiger partial charge in [-0.25, -0.2) is 4.79 Å². The Hall–Kier alpha value is -2.37. The summed E-state index contributed by atoms with van der Waals surface area (Å²) in [6.45, 7) is 1.01. The molecule has 0 radical (unpaired) electrons. The third kappa shape index (κ3) is 2.79. The molecule has 4 rings (SSSR count). The number of hydrogen-bond donors (Lipinski definition) is 1. The molecule has 3 atom stereocenters. The zero-order valence-electron chi connectivity index (χ0n) is 13.9. The summed E-state index contributed by atoms with van der Waals surface area (Å²) in [7, 11) is 0. The first-order valence-corrected chi connectivity index (χ1v) is 8.62. The number of hydrogen-bond acceptors (Lipinski definition) is 4. The molecule has 0 aromatic heterocycles. The molecular formula is C20H21NO4. The topological polar surface area (TPSA) is 59.0 Å². The Morgan fingerprint density at radius 3 is 2.40 bits per heavy atom. The summed E-state index contributed by atoms with van der Waals surface area (Å²) in [5.74, 6) is 0. The number of amides is 1. The number of aliphatic hydroxyl groups is 1. The maximum atomic E-state index is 12.6. The second-order valence-electron chi connectivity index (χ2n) is 6.51. The Kier molecular flexibility index (Phi) is 4.19. The zero-order chi connectivity index (χ0) is 17.3. The van der Waals surface area contributed by atoms with Gasteiger partial charge in [-0.3, -0.25) is 4.90 Å². The molecule has 1 amide bonds. The first-order chi connectivity index (χ1) is 12.2. The highest BCUT2D eigenvalue weighted by Gasteiger charge is 2.56. The second kappa shape index (κ2) is 6.50. The van der Waals surface area contributed by atoms with Gasteiger partial charge >= 0.3 is 6.09 Å². The molecule has 0 saturated carbocycles. The van der Waals surface area contributed by atoms with Gasteiger partial charge in [-0.2, -0.15) is 0 Å². The van der Waals surface area contributed by atoms with Gasteiger partial charge in [0.05, 0.1) is 12.6 Å². The molecule has 0 bridgehead atoms. The molecule has 5 heteroatoms. The zero-order valence-corrected chi connectivity index (χ0v) is 13.9. The largest absolute Gasteiger partial charge is 0.436 e. The first kappa shape index (κ1) is 16.1. The normalized spacial score (nSPS) is 29.0. The summed E-state index contributed by atoms with van der Waals surface area (Å²) in [6.07, 6.45) is 0.474. The average molecular weight is 339 g/mol. The van der Waals surface area contributed by atoms with Crippen molar-refractivity contribution in [3.05, 3.63) is 71.8 Å². The van der Waals surface area contributed by atoms with Gasteiger partial charge in [0, 0.05) is 12.2 Å². The van der Waals surface area contributed by atoms with Crippen LogP contribution in [0.1, 0.15) is 30.1 Å². The monoisotopic (exact) mass is 339 g/mol.